The highest BCUT2D eigenvalue weighted by Crippen LogP contribution is 2.16. The smallest absolute Gasteiger partial charge is 0.220 e. The Balaban J connectivity index is 3.55. The molecule has 0 rings (SSSR count). The van der Waals surface area contributed by atoms with Gasteiger partial charge in [-0.1, -0.05) is 255 Å². The molecule has 0 aliphatic rings. The van der Waals surface area contributed by atoms with Gasteiger partial charge in [0.2, 0.25) is 5.91 Å². The molecule has 0 aromatic rings. The van der Waals surface area contributed by atoms with E-state index in [9.17, 15) is 15.0 Å². The third-order valence-electron chi connectivity index (χ3n) is 12.3. The summed E-state index contributed by atoms with van der Waals surface area (Å²) in [5, 5.41) is 23.1. The Morgan fingerprint density at radius 2 is 0.650 bits per heavy atom. The first kappa shape index (κ1) is 58.4. The summed E-state index contributed by atoms with van der Waals surface area (Å²) in [6, 6.07) is -0.646. The SMILES string of the molecule is CCCCCCCCCC/C=C\CCCCCCCCCCCCCCCCCC(=O)NC(CO)C(O)/C=C/CC/C=C/CC/C=C/CCCCCCCCCCCCC. The molecule has 352 valence electrons. The first-order valence-corrected chi connectivity index (χ1v) is 26.9. The van der Waals surface area contributed by atoms with E-state index in [1.54, 1.807) is 6.08 Å². The minimum atomic E-state index is -0.870. The molecular weight excluding hydrogens is 735 g/mol. The number of hydrogen-bond donors (Lipinski definition) is 3. The Morgan fingerprint density at radius 1 is 0.383 bits per heavy atom. The molecule has 1 amide bonds. The van der Waals surface area contributed by atoms with E-state index in [4.69, 9.17) is 0 Å². The zero-order valence-electron chi connectivity index (χ0n) is 40.5. The molecule has 0 spiro atoms. The van der Waals surface area contributed by atoms with Crippen LogP contribution in [0.2, 0.25) is 0 Å². The third kappa shape index (κ3) is 47.4. The van der Waals surface area contributed by atoms with Crippen molar-refractivity contribution in [2.75, 3.05) is 6.61 Å². The van der Waals surface area contributed by atoms with Gasteiger partial charge in [-0.15, -0.1) is 0 Å². The molecule has 60 heavy (non-hydrogen) atoms. The molecule has 2 unspecified atom stereocenters. The molecule has 0 aliphatic heterocycles. The minimum Gasteiger partial charge on any atom is -0.394 e. The summed E-state index contributed by atoms with van der Waals surface area (Å²) in [5.74, 6) is -0.0750. The number of unbranched alkanes of at least 4 members (excludes halogenated alkanes) is 36. The van der Waals surface area contributed by atoms with E-state index in [2.05, 4.69) is 55.6 Å². The van der Waals surface area contributed by atoms with Crippen LogP contribution >= 0.6 is 0 Å². The summed E-state index contributed by atoms with van der Waals surface area (Å²) < 4.78 is 0. The quantitative estimate of drug-likeness (QED) is 0.0422. The standard InChI is InChI=1S/C56H105NO3/c1-3-5-7-9-11-13-15-17-19-21-23-25-26-27-28-29-30-32-34-36-38-40-42-44-46-48-50-52-56(60)57-54(53-58)55(59)51-49-47-45-43-41-39-37-35-33-31-24-22-20-18-16-14-12-10-8-6-4-2/h21,23,33,35,41,43,49,51,54-55,58-59H,3-20,22,24-32,34,36-40,42,44-48,50,52-53H2,1-2H3,(H,57,60)/b23-21-,35-33+,43-41+,51-49+. The van der Waals surface area contributed by atoms with Gasteiger partial charge in [-0.2, -0.15) is 0 Å². The molecule has 0 fully saturated rings. The number of carbonyl (C=O) groups excluding carboxylic acids is 1. The second-order valence-electron chi connectivity index (χ2n) is 18.3. The van der Waals surface area contributed by atoms with Crippen molar-refractivity contribution < 1.29 is 15.0 Å². The van der Waals surface area contributed by atoms with Crippen LogP contribution in [-0.4, -0.2) is 34.9 Å². The maximum absolute atomic E-state index is 12.5. The van der Waals surface area contributed by atoms with Gasteiger partial charge in [0, 0.05) is 6.42 Å². The topological polar surface area (TPSA) is 69.6 Å². The van der Waals surface area contributed by atoms with Crippen LogP contribution in [0.1, 0.15) is 284 Å². The van der Waals surface area contributed by atoms with E-state index in [1.807, 2.05) is 6.08 Å². The maximum atomic E-state index is 12.5. The van der Waals surface area contributed by atoms with Gasteiger partial charge >= 0.3 is 0 Å². The average Bonchev–Trinajstić information content (AvgIpc) is 3.25. The van der Waals surface area contributed by atoms with Crippen molar-refractivity contribution in [2.45, 2.75) is 296 Å². The van der Waals surface area contributed by atoms with E-state index in [1.165, 1.54) is 225 Å². The number of amides is 1. The van der Waals surface area contributed by atoms with Gasteiger partial charge in [0.1, 0.15) is 0 Å². The largest absolute Gasteiger partial charge is 0.394 e. The van der Waals surface area contributed by atoms with Gasteiger partial charge in [0.25, 0.3) is 0 Å². The highest BCUT2D eigenvalue weighted by molar-refractivity contribution is 5.76. The Kier molecular flexibility index (Phi) is 50.3. The van der Waals surface area contributed by atoms with Gasteiger partial charge in [-0.25, -0.2) is 0 Å². The summed E-state index contributed by atoms with van der Waals surface area (Å²) in [5.41, 5.74) is 0. The van der Waals surface area contributed by atoms with Crippen molar-refractivity contribution in [2.24, 2.45) is 0 Å². The summed E-state index contributed by atoms with van der Waals surface area (Å²) in [6.07, 6.45) is 71.2. The van der Waals surface area contributed by atoms with Gasteiger partial charge in [-0.3, -0.25) is 4.79 Å². The highest BCUT2D eigenvalue weighted by atomic mass is 16.3. The van der Waals surface area contributed by atoms with Crippen molar-refractivity contribution in [3.05, 3.63) is 48.6 Å². The number of aliphatic hydroxyl groups is 2. The lowest BCUT2D eigenvalue weighted by molar-refractivity contribution is -0.123. The van der Waals surface area contributed by atoms with Gasteiger partial charge in [0.15, 0.2) is 0 Å². The second kappa shape index (κ2) is 51.7. The van der Waals surface area contributed by atoms with Crippen LogP contribution in [0.4, 0.5) is 0 Å². The van der Waals surface area contributed by atoms with E-state index in [0.717, 1.165) is 38.5 Å². The van der Waals surface area contributed by atoms with Crippen molar-refractivity contribution >= 4 is 5.91 Å². The molecule has 0 saturated heterocycles. The zero-order chi connectivity index (χ0) is 43.5. The number of nitrogens with one attached hydrogen (secondary N) is 1. The van der Waals surface area contributed by atoms with Crippen LogP contribution in [0.25, 0.3) is 0 Å². The molecule has 0 aromatic heterocycles. The molecule has 0 saturated carbocycles. The van der Waals surface area contributed by atoms with Crippen LogP contribution in [0.5, 0.6) is 0 Å². The molecule has 4 heteroatoms. The van der Waals surface area contributed by atoms with E-state index in [0.29, 0.717) is 6.42 Å². The minimum absolute atomic E-state index is 0.0750. The Bertz CT molecular complexity index is 954. The zero-order valence-corrected chi connectivity index (χ0v) is 40.5. The van der Waals surface area contributed by atoms with Crippen LogP contribution in [0.15, 0.2) is 48.6 Å². The third-order valence-corrected chi connectivity index (χ3v) is 12.3. The molecular formula is C56H105NO3. The first-order valence-electron chi connectivity index (χ1n) is 26.9. The molecule has 0 aromatic carbocycles. The summed E-state index contributed by atoms with van der Waals surface area (Å²) in [6.45, 7) is 4.31. The lowest BCUT2D eigenvalue weighted by atomic mass is 10.0. The summed E-state index contributed by atoms with van der Waals surface area (Å²) in [7, 11) is 0. The lowest BCUT2D eigenvalue weighted by Crippen LogP contribution is -2.45. The van der Waals surface area contributed by atoms with Crippen molar-refractivity contribution in [1.29, 1.82) is 0 Å². The van der Waals surface area contributed by atoms with Gasteiger partial charge in [-0.05, 0) is 70.6 Å². The molecule has 0 aliphatic carbocycles. The van der Waals surface area contributed by atoms with Gasteiger partial charge < -0.3 is 15.5 Å². The van der Waals surface area contributed by atoms with Crippen LogP contribution in [-0.2, 0) is 4.79 Å². The summed E-state index contributed by atoms with van der Waals surface area (Å²) in [4.78, 5) is 12.5. The maximum Gasteiger partial charge on any atom is 0.220 e. The molecule has 0 radical (unpaired) electrons. The molecule has 3 N–H and O–H groups in total. The Morgan fingerprint density at radius 3 is 0.967 bits per heavy atom. The van der Waals surface area contributed by atoms with E-state index < -0.39 is 12.1 Å². The number of carbonyl (C=O) groups is 1. The highest BCUT2D eigenvalue weighted by Gasteiger charge is 2.17. The van der Waals surface area contributed by atoms with Crippen molar-refractivity contribution in [1.82, 2.24) is 5.32 Å². The molecule has 0 bridgehead atoms. The number of aliphatic hydroxyl groups excluding tert-OH is 2. The van der Waals surface area contributed by atoms with Crippen LogP contribution < -0.4 is 5.32 Å². The van der Waals surface area contributed by atoms with Crippen molar-refractivity contribution in [3.63, 3.8) is 0 Å². The second-order valence-corrected chi connectivity index (χ2v) is 18.3. The summed E-state index contributed by atoms with van der Waals surface area (Å²) >= 11 is 0. The normalized spacial score (nSPS) is 13.2. The van der Waals surface area contributed by atoms with Crippen LogP contribution in [0.3, 0.4) is 0 Å². The molecule has 0 heterocycles. The number of allylic oxidation sites excluding steroid dienone is 7. The number of rotatable bonds is 49. The first-order chi connectivity index (χ1) is 29.7. The predicted octanol–water partition coefficient (Wildman–Crippen LogP) is 17.5. The Hall–Kier alpha value is -1.65. The monoisotopic (exact) mass is 840 g/mol. The van der Waals surface area contributed by atoms with Gasteiger partial charge in [0.05, 0.1) is 18.8 Å². The fourth-order valence-corrected chi connectivity index (χ4v) is 8.15. The van der Waals surface area contributed by atoms with Crippen molar-refractivity contribution in [3.8, 4) is 0 Å². The van der Waals surface area contributed by atoms with E-state index in [-0.39, 0.29) is 12.5 Å². The predicted molar refractivity (Wildman–Crippen MR) is 267 cm³/mol. The average molecular weight is 840 g/mol. The fourth-order valence-electron chi connectivity index (χ4n) is 8.15. The Labute approximate surface area is 375 Å². The fraction of sp³-hybridized carbons (Fsp3) is 0.839. The molecule has 2 atom stereocenters. The number of hydrogen-bond acceptors (Lipinski definition) is 3. The lowest BCUT2D eigenvalue weighted by Gasteiger charge is -2.19. The molecule has 4 nitrogen and oxygen atoms in total. The van der Waals surface area contributed by atoms with E-state index >= 15 is 0 Å². The van der Waals surface area contributed by atoms with Crippen LogP contribution in [0, 0.1) is 0 Å².